The lowest BCUT2D eigenvalue weighted by molar-refractivity contribution is 0.733. The molecule has 0 aliphatic carbocycles. The van der Waals surface area contributed by atoms with Crippen LogP contribution in [0.1, 0.15) is 101 Å². The van der Waals surface area contributed by atoms with Crippen LogP contribution in [0.15, 0.2) is 194 Å². The average Bonchev–Trinajstić information content (AvgIpc) is 3.37. The average molecular weight is 852 g/mol. The molecule has 328 valence electrons. The van der Waals surface area contributed by atoms with Gasteiger partial charge in [-0.1, -0.05) is 144 Å². The molecule has 65 heavy (non-hydrogen) atoms. The summed E-state index contributed by atoms with van der Waals surface area (Å²) in [6.45, 7) is 15.8. The molecule has 0 fully saturated rings. The normalized spacial score (nSPS) is 12.6. The van der Waals surface area contributed by atoms with Crippen LogP contribution >= 0.6 is 0 Å². The van der Waals surface area contributed by atoms with Crippen LogP contribution in [0.2, 0.25) is 0 Å². The van der Waals surface area contributed by atoms with Crippen molar-refractivity contribution >= 4 is 45.5 Å². The first-order valence-electron chi connectivity index (χ1n) is 23.8. The van der Waals surface area contributed by atoms with E-state index in [-0.39, 0.29) is 0 Å². The molecule has 3 nitrogen and oxygen atoms in total. The Hall–Kier alpha value is -6.84. The maximum absolute atomic E-state index is 2.37. The van der Waals surface area contributed by atoms with Gasteiger partial charge in [0.25, 0.3) is 0 Å². The molecule has 0 aliphatic heterocycles. The second-order valence-electron chi connectivity index (χ2n) is 18.0. The van der Waals surface area contributed by atoms with Gasteiger partial charge in [0.15, 0.2) is 0 Å². The monoisotopic (exact) mass is 852 g/mol. The van der Waals surface area contributed by atoms with Gasteiger partial charge in [0.1, 0.15) is 0 Å². The van der Waals surface area contributed by atoms with E-state index in [0.29, 0.717) is 17.8 Å². The van der Waals surface area contributed by atoms with Crippen molar-refractivity contribution in [3.8, 4) is 22.3 Å². The van der Waals surface area contributed by atoms with Gasteiger partial charge < -0.3 is 14.7 Å². The molecule has 0 spiro atoms. The topological polar surface area (TPSA) is 9.72 Å². The highest BCUT2D eigenvalue weighted by molar-refractivity contribution is 5.82. The molecule has 3 heteroatoms. The lowest BCUT2D eigenvalue weighted by atomic mass is 9.98. The van der Waals surface area contributed by atoms with E-state index in [4.69, 9.17) is 0 Å². The highest BCUT2D eigenvalue weighted by Crippen LogP contribution is 2.40. The standard InChI is InChI=1S/C62H65N3/c1-9-45(5)48-14-30-55(31-15-48)63(8)56-32-20-51(21-33-56)52-22-40-61(41-23-52)65(59-36-18-50(19-37-59)47(7)11-3)62-42-26-54(27-43-62)53-24-38-60(39-25-53)64(57-28-12-44(4)13-29-57)58-34-16-49(17-35-58)46(6)10-2/h12-43,45-47H,9-11H2,1-8H3. The number of rotatable bonds is 16. The van der Waals surface area contributed by atoms with Crippen LogP contribution in [0.3, 0.4) is 0 Å². The molecule has 0 heterocycles. The largest absolute Gasteiger partial charge is 0.345 e. The highest BCUT2D eigenvalue weighted by Gasteiger charge is 2.17. The summed E-state index contributed by atoms with van der Waals surface area (Å²) in [6.07, 6.45) is 3.39. The lowest BCUT2D eigenvalue weighted by Crippen LogP contribution is -2.10. The Morgan fingerprint density at radius 1 is 0.292 bits per heavy atom. The van der Waals surface area contributed by atoms with Gasteiger partial charge in [-0.25, -0.2) is 0 Å². The van der Waals surface area contributed by atoms with Gasteiger partial charge in [0.2, 0.25) is 0 Å². The molecule has 8 aromatic rings. The maximum Gasteiger partial charge on any atom is 0.0462 e. The van der Waals surface area contributed by atoms with Crippen molar-refractivity contribution in [2.45, 2.75) is 85.5 Å². The molecule has 0 bridgehead atoms. The predicted octanol–water partition coefficient (Wildman–Crippen LogP) is 18.6. The summed E-state index contributed by atoms with van der Waals surface area (Å²) in [5.41, 5.74) is 19.3. The SMILES string of the molecule is CCC(C)c1ccc(N(C)c2ccc(-c3ccc(N(c4ccc(-c5ccc(N(c6ccc(C)cc6)c6ccc(C(C)CC)cc6)cc5)cc4)c4ccc(C(C)CC)cc4)cc3)cc2)cc1. The predicted molar refractivity (Wildman–Crippen MR) is 282 cm³/mol. The summed E-state index contributed by atoms with van der Waals surface area (Å²) in [7, 11) is 2.14. The van der Waals surface area contributed by atoms with Crippen LogP contribution in [-0.4, -0.2) is 7.05 Å². The summed E-state index contributed by atoms with van der Waals surface area (Å²) < 4.78 is 0. The van der Waals surface area contributed by atoms with Crippen LogP contribution in [0.4, 0.5) is 45.5 Å². The number of aryl methyl sites for hydroxylation is 1. The van der Waals surface area contributed by atoms with Gasteiger partial charge in [-0.3, -0.25) is 0 Å². The zero-order chi connectivity index (χ0) is 45.5. The molecule has 0 saturated heterocycles. The Labute approximate surface area is 389 Å². The quantitative estimate of drug-likeness (QED) is 0.0959. The first-order valence-corrected chi connectivity index (χ1v) is 23.8. The van der Waals surface area contributed by atoms with Gasteiger partial charge in [-0.2, -0.15) is 0 Å². The number of nitrogens with zero attached hydrogens (tertiary/aromatic N) is 3. The Bertz CT molecular complexity index is 2720. The van der Waals surface area contributed by atoms with Crippen molar-refractivity contribution in [1.82, 2.24) is 0 Å². The first-order chi connectivity index (χ1) is 31.6. The maximum atomic E-state index is 2.37. The smallest absolute Gasteiger partial charge is 0.0462 e. The van der Waals surface area contributed by atoms with Crippen molar-refractivity contribution in [2.24, 2.45) is 0 Å². The Balaban J connectivity index is 1.05. The summed E-state index contributed by atoms with van der Waals surface area (Å²) in [6, 6.07) is 71.9. The van der Waals surface area contributed by atoms with E-state index < -0.39 is 0 Å². The molecule has 0 amide bonds. The minimum atomic E-state index is 0.517. The van der Waals surface area contributed by atoms with Crippen LogP contribution in [-0.2, 0) is 0 Å². The van der Waals surface area contributed by atoms with E-state index in [2.05, 4.69) is 264 Å². The second kappa shape index (κ2) is 20.3. The van der Waals surface area contributed by atoms with Crippen molar-refractivity contribution < 1.29 is 0 Å². The van der Waals surface area contributed by atoms with Gasteiger partial charge in [0, 0.05) is 52.5 Å². The van der Waals surface area contributed by atoms with E-state index >= 15 is 0 Å². The van der Waals surface area contributed by atoms with E-state index in [9.17, 15) is 0 Å². The number of benzene rings is 8. The second-order valence-corrected chi connectivity index (χ2v) is 18.0. The van der Waals surface area contributed by atoms with Gasteiger partial charge in [0.05, 0.1) is 0 Å². The van der Waals surface area contributed by atoms with Gasteiger partial charge >= 0.3 is 0 Å². The molecule has 0 aliphatic rings. The number of hydrogen-bond acceptors (Lipinski definition) is 3. The van der Waals surface area contributed by atoms with Crippen LogP contribution in [0.5, 0.6) is 0 Å². The number of hydrogen-bond donors (Lipinski definition) is 0. The fraction of sp³-hybridized carbons (Fsp3) is 0.226. The van der Waals surface area contributed by atoms with Crippen molar-refractivity contribution in [1.29, 1.82) is 0 Å². The number of anilines is 8. The van der Waals surface area contributed by atoms with Gasteiger partial charge in [-0.05, 0) is 180 Å². The fourth-order valence-electron chi connectivity index (χ4n) is 8.66. The molecular formula is C62H65N3. The van der Waals surface area contributed by atoms with Crippen LogP contribution in [0.25, 0.3) is 22.3 Å². The zero-order valence-corrected chi connectivity index (χ0v) is 39.7. The third kappa shape index (κ3) is 10.1. The highest BCUT2D eigenvalue weighted by atomic mass is 15.1. The van der Waals surface area contributed by atoms with Gasteiger partial charge in [-0.15, -0.1) is 0 Å². The van der Waals surface area contributed by atoms with E-state index in [1.165, 1.54) is 55.9 Å². The fourth-order valence-corrected chi connectivity index (χ4v) is 8.66. The summed E-state index contributed by atoms with van der Waals surface area (Å²) in [5.74, 6) is 1.63. The molecule has 0 saturated carbocycles. The molecule has 3 unspecified atom stereocenters. The Kier molecular flexibility index (Phi) is 14.0. The van der Waals surface area contributed by atoms with Crippen molar-refractivity contribution in [3.63, 3.8) is 0 Å². The molecule has 0 aromatic heterocycles. The minimum absolute atomic E-state index is 0.517. The summed E-state index contributed by atoms with van der Waals surface area (Å²) >= 11 is 0. The van der Waals surface area contributed by atoms with E-state index in [1.54, 1.807) is 0 Å². The lowest BCUT2D eigenvalue weighted by Gasteiger charge is -2.27. The minimum Gasteiger partial charge on any atom is -0.345 e. The molecule has 0 N–H and O–H groups in total. The van der Waals surface area contributed by atoms with E-state index in [0.717, 1.165) is 53.4 Å². The summed E-state index contributed by atoms with van der Waals surface area (Å²) in [4.78, 5) is 6.98. The van der Waals surface area contributed by atoms with Crippen LogP contribution in [0, 0.1) is 6.92 Å². The molecule has 3 atom stereocenters. The Morgan fingerprint density at radius 3 is 0.738 bits per heavy atom. The molecule has 8 rings (SSSR count). The third-order valence-electron chi connectivity index (χ3n) is 13.7. The first kappa shape index (κ1) is 44.8. The summed E-state index contributed by atoms with van der Waals surface area (Å²) in [5, 5.41) is 0. The molecule has 0 radical (unpaired) electrons. The van der Waals surface area contributed by atoms with Crippen molar-refractivity contribution in [3.05, 3.63) is 216 Å². The van der Waals surface area contributed by atoms with Crippen molar-refractivity contribution in [2.75, 3.05) is 21.7 Å². The third-order valence-corrected chi connectivity index (χ3v) is 13.7. The molecule has 8 aromatic carbocycles. The zero-order valence-electron chi connectivity index (χ0n) is 39.7. The van der Waals surface area contributed by atoms with E-state index in [1.807, 2.05) is 0 Å². The molecular weight excluding hydrogens is 787 g/mol. The van der Waals surface area contributed by atoms with Crippen LogP contribution < -0.4 is 14.7 Å². The Morgan fingerprint density at radius 2 is 0.492 bits per heavy atom.